The Kier molecular flexibility index (Phi) is 3.16. The third-order valence-electron chi connectivity index (χ3n) is 6.80. The lowest BCUT2D eigenvalue weighted by atomic mass is 9.42. The molecule has 4 aliphatic rings. The van der Waals surface area contributed by atoms with Crippen LogP contribution in [0.3, 0.4) is 0 Å². The number of hydrogen-bond donors (Lipinski definition) is 1. The maximum absolute atomic E-state index is 13.3. The summed E-state index contributed by atoms with van der Waals surface area (Å²) in [5.41, 5.74) is 1.37. The Morgan fingerprint density at radius 1 is 1.16 bits per heavy atom. The van der Waals surface area contributed by atoms with Gasteiger partial charge in [0.15, 0.2) is 5.82 Å². The highest BCUT2D eigenvalue weighted by molar-refractivity contribution is 5.95. The van der Waals surface area contributed by atoms with E-state index in [0.29, 0.717) is 17.7 Å². The number of carbonyl (C=O) groups is 1. The van der Waals surface area contributed by atoms with Gasteiger partial charge in [-0.25, -0.2) is 0 Å². The number of aromatic nitrogens is 1. The minimum absolute atomic E-state index is 0.148. The molecule has 4 saturated carbocycles. The molecule has 6 rings (SSSR count). The smallest absolute Gasteiger partial charge is 0.231 e. The molecule has 4 bridgehead atoms. The van der Waals surface area contributed by atoms with Gasteiger partial charge < -0.3 is 9.84 Å². The van der Waals surface area contributed by atoms with Crippen molar-refractivity contribution < 1.29 is 9.32 Å². The number of benzene rings is 1. The Bertz CT molecular complexity index is 796. The zero-order chi connectivity index (χ0) is 17.1. The normalized spacial score (nSPS) is 35.7. The van der Waals surface area contributed by atoms with Gasteiger partial charge in [-0.1, -0.05) is 35.5 Å². The summed E-state index contributed by atoms with van der Waals surface area (Å²) in [5.74, 6) is 2.77. The van der Waals surface area contributed by atoms with Crippen LogP contribution in [-0.2, 0) is 10.2 Å². The van der Waals surface area contributed by atoms with E-state index in [1.165, 1.54) is 24.8 Å². The van der Waals surface area contributed by atoms with Gasteiger partial charge in [0, 0.05) is 6.07 Å². The Morgan fingerprint density at radius 2 is 1.88 bits per heavy atom. The summed E-state index contributed by atoms with van der Waals surface area (Å²) in [6.07, 6.45) is 6.81. The van der Waals surface area contributed by atoms with E-state index < -0.39 is 0 Å². The van der Waals surface area contributed by atoms with E-state index in [4.69, 9.17) is 4.52 Å². The fourth-order valence-electron chi connectivity index (χ4n) is 6.33. The van der Waals surface area contributed by atoms with Gasteiger partial charge in [-0.3, -0.25) is 4.79 Å². The van der Waals surface area contributed by atoms with E-state index in [9.17, 15) is 4.79 Å². The van der Waals surface area contributed by atoms with Gasteiger partial charge in [-0.2, -0.15) is 0 Å². The Balaban J connectivity index is 1.48. The van der Waals surface area contributed by atoms with Crippen molar-refractivity contribution in [3.63, 3.8) is 0 Å². The fourth-order valence-corrected chi connectivity index (χ4v) is 6.33. The van der Waals surface area contributed by atoms with Crippen LogP contribution in [0, 0.1) is 24.2 Å². The van der Waals surface area contributed by atoms with Crippen molar-refractivity contribution in [3.8, 4) is 0 Å². The maximum Gasteiger partial charge on any atom is 0.231 e. The van der Waals surface area contributed by atoms with Crippen LogP contribution in [0.2, 0.25) is 0 Å². The first-order chi connectivity index (χ1) is 12.1. The van der Waals surface area contributed by atoms with Crippen molar-refractivity contribution >= 4 is 11.7 Å². The molecule has 0 saturated heterocycles. The molecule has 1 N–H and O–H groups in total. The van der Waals surface area contributed by atoms with Crippen LogP contribution < -0.4 is 5.32 Å². The Morgan fingerprint density at radius 3 is 2.52 bits per heavy atom. The topological polar surface area (TPSA) is 55.1 Å². The van der Waals surface area contributed by atoms with Crippen LogP contribution >= 0.6 is 0 Å². The molecule has 1 amide bonds. The number of carbonyl (C=O) groups excluding carboxylic acids is 1. The van der Waals surface area contributed by atoms with Gasteiger partial charge in [0.1, 0.15) is 5.76 Å². The molecule has 2 atom stereocenters. The molecule has 4 aliphatic carbocycles. The molecule has 0 radical (unpaired) electrons. The van der Waals surface area contributed by atoms with Crippen molar-refractivity contribution in [1.29, 1.82) is 0 Å². The largest absolute Gasteiger partial charge is 0.360 e. The van der Waals surface area contributed by atoms with Gasteiger partial charge in [0.05, 0.1) is 5.41 Å². The van der Waals surface area contributed by atoms with Crippen molar-refractivity contribution in [2.45, 2.75) is 50.9 Å². The Hall–Kier alpha value is -2.10. The SMILES string of the molecule is Cc1cc(NC(=O)C23C[C@H]4C[C@H](C2)CC(c2ccccc2)(C4)C3)no1. The quantitative estimate of drug-likeness (QED) is 0.900. The monoisotopic (exact) mass is 336 g/mol. The van der Waals surface area contributed by atoms with E-state index in [1.807, 2.05) is 6.92 Å². The third kappa shape index (κ3) is 2.34. The van der Waals surface area contributed by atoms with E-state index in [-0.39, 0.29) is 16.7 Å². The highest BCUT2D eigenvalue weighted by Crippen LogP contribution is 2.65. The number of anilines is 1. The van der Waals surface area contributed by atoms with Gasteiger partial charge in [0.2, 0.25) is 5.91 Å². The fraction of sp³-hybridized carbons (Fsp3) is 0.524. The van der Waals surface area contributed by atoms with Crippen LogP contribution in [0.1, 0.15) is 49.8 Å². The van der Waals surface area contributed by atoms with Crippen LogP contribution in [0.4, 0.5) is 5.82 Å². The van der Waals surface area contributed by atoms with Gasteiger partial charge in [0.25, 0.3) is 0 Å². The molecule has 1 aromatic heterocycles. The first-order valence-corrected chi connectivity index (χ1v) is 9.37. The van der Waals surface area contributed by atoms with E-state index in [2.05, 4.69) is 40.8 Å². The first-order valence-electron chi connectivity index (χ1n) is 9.37. The second-order valence-electron chi connectivity index (χ2n) is 8.66. The molecule has 130 valence electrons. The second-order valence-corrected chi connectivity index (χ2v) is 8.66. The third-order valence-corrected chi connectivity index (χ3v) is 6.80. The minimum Gasteiger partial charge on any atom is -0.360 e. The first kappa shape index (κ1) is 15.2. The van der Waals surface area contributed by atoms with Crippen molar-refractivity contribution in [3.05, 3.63) is 47.7 Å². The predicted octanol–water partition coefficient (Wildman–Crippen LogP) is 4.46. The van der Waals surface area contributed by atoms with Crippen LogP contribution in [-0.4, -0.2) is 11.1 Å². The predicted molar refractivity (Wildman–Crippen MR) is 95.1 cm³/mol. The average molecular weight is 336 g/mol. The molecule has 0 unspecified atom stereocenters. The molecular formula is C21H24N2O2. The second kappa shape index (κ2) is 5.20. The minimum atomic E-state index is -0.243. The van der Waals surface area contributed by atoms with Crippen molar-refractivity contribution in [2.24, 2.45) is 17.3 Å². The molecule has 0 spiro atoms. The summed E-state index contributed by atoms with van der Waals surface area (Å²) in [7, 11) is 0. The highest BCUT2D eigenvalue weighted by Gasteiger charge is 2.60. The standard InChI is InChI=1S/C21H24N2O2/c1-14-7-18(23-25-14)22-19(24)21-11-15-8-16(12-21)10-20(9-15,13-21)17-5-3-2-4-6-17/h2-7,15-16H,8-13H2,1H3,(H,22,23,24)/t15-,16-,20?,21?/m0/s1. The molecule has 4 fully saturated rings. The Labute approximate surface area is 148 Å². The zero-order valence-electron chi connectivity index (χ0n) is 14.6. The lowest BCUT2D eigenvalue weighted by Crippen LogP contribution is -2.58. The number of hydrogen-bond acceptors (Lipinski definition) is 3. The lowest BCUT2D eigenvalue weighted by molar-refractivity contribution is -0.143. The maximum atomic E-state index is 13.3. The van der Waals surface area contributed by atoms with Crippen LogP contribution in [0.15, 0.2) is 40.9 Å². The zero-order valence-corrected chi connectivity index (χ0v) is 14.6. The molecule has 2 aromatic rings. The highest BCUT2D eigenvalue weighted by atomic mass is 16.5. The molecule has 4 heteroatoms. The lowest BCUT2D eigenvalue weighted by Gasteiger charge is -2.61. The van der Waals surface area contributed by atoms with Gasteiger partial charge >= 0.3 is 0 Å². The van der Waals surface area contributed by atoms with E-state index in [1.54, 1.807) is 6.07 Å². The summed E-state index contributed by atoms with van der Waals surface area (Å²) < 4.78 is 5.11. The van der Waals surface area contributed by atoms with Crippen LogP contribution in [0.5, 0.6) is 0 Å². The number of amides is 1. The summed E-state index contributed by atoms with van der Waals surface area (Å²) >= 11 is 0. The summed E-state index contributed by atoms with van der Waals surface area (Å²) in [4.78, 5) is 13.3. The molecular weight excluding hydrogens is 312 g/mol. The van der Waals surface area contributed by atoms with Crippen LogP contribution in [0.25, 0.3) is 0 Å². The number of nitrogens with zero attached hydrogens (tertiary/aromatic N) is 1. The number of aryl methyl sites for hydroxylation is 1. The summed E-state index contributed by atoms with van der Waals surface area (Å²) in [5, 5.41) is 7.00. The summed E-state index contributed by atoms with van der Waals surface area (Å²) in [6, 6.07) is 12.7. The van der Waals surface area contributed by atoms with Crippen molar-refractivity contribution in [2.75, 3.05) is 5.32 Å². The molecule has 1 heterocycles. The van der Waals surface area contributed by atoms with Crippen molar-refractivity contribution in [1.82, 2.24) is 5.16 Å². The molecule has 25 heavy (non-hydrogen) atoms. The van der Waals surface area contributed by atoms with Gasteiger partial charge in [-0.15, -0.1) is 0 Å². The van der Waals surface area contributed by atoms with E-state index in [0.717, 1.165) is 25.0 Å². The molecule has 1 aromatic carbocycles. The number of rotatable bonds is 3. The molecule has 4 nitrogen and oxygen atoms in total. The molecule has 0 aliphatic heterocycles. The number of nitrogens with one attached hydrogen (secondary N) is 1. The summed E-state index contributed by atoms with van der Waals surface area (Å²) in [6.45, 7) is 1.85. The van der Waals surface area contributed by atoms with Gasteiger partial charge in [-0.05, 0) is 68.3 Å². The van der Waals surface area contributed by atoms with E-state index >= 15 is 0 Å². The average Bonchev–Trinajstić information content (AvgIpc) is 2.99.